The molecule has 0 radical (unpaired) electrons. The zero-order chi connectivity index (χ0) is 23.1. The van der Waals surface area contributed by atoms with E-state index in [1.807, 2.05) is 19.1 Å². The molecule has 0 aliphatic heterocycles. The van der Waals surface area contributed by atoms with Crippen molar-refractivity contribution in [2.24, 2.45) is 17.8 Å². The normalized spacial score (nSPS) is 25.0. The fraction of sp³-hybridized carbons (Fsp3) is 0.667. The number of hydrogen-bond acceptors (Lipinski definition) is 7. The van der Waals surface area contributed by atoms with Crippen molar-refractivity contribution in [3.05, 3.63) is 29.3 Å². The minimum Gasteiger partial charge on any atom is -0.482 e. The molecule has 3 rings (SSSR count). The third-order valence-corrected chi connectivity index (χ3v) is 6.73. The fourth-order valence-corrected chi connectivity index (χ4v) is 5.24. The number of carboxylic acids is 1. The monoisotopic (exact) mass is 450 g/mol. The number of hydrogen-bond donors (Lipinski definition) is 3. The molecule has 1 saturated carbocycles. The quantitative estimate of drug-likeness (QED) is 0.326. The lowest BCUT2D eigenvalue weighted by atomic mass is 9.73. The molecular formula is C24H34O8. The molecule has 5 atom stereocenters. The Balaban J connectivity index is 1.59. The van der Waals surface area contributed by atoms with Crippen LogP contribution in [0.1, 0.15) is 43.7 Å². The maximum atomic E-state index is 11.9. The minimum absolute atomic E-state index is 0.105. The summed E-state index contributed by atoms with van der Waals surface area (Å²) in [6, 6.07) is 5.77. The molecule has 8 heteroatoms. The molecule has 0 unspecified atom stereocenters. The van der Waals surface area contributed by atoms with Gasteiger partial charge in [-0.2, -0.15) is 0 Å². The summed E-state index contributed by atoms with van der Waals surface area (Å²) in [5, 5.41) is 28.4. The van der Waals surface area contributed by atoms with E-state index in [2.05, 4.69) is 6.07 Å². The van der Waals surface area contributed by atoms with Gasteiger partial charge in [0.25, 0.3) is 0 Å². The highest BCUT2D eigenvalue weighted by Gasteiger charge is 2.45. The highest BCUT2D eigenvalue weighted by atomic mass is 16.6. The van der Waals surface area contributed by atoms with Crippen molar-refractivity contribution >= 4 is 11.9 Å². The van der Waals surface area contributed by atoms with E-state index in [4.69, 9.17) is 24.4 Å². The predicted octanol–water partition coefficient (Wildman–Crippen LogP) is 1.97. The Morgan fingerprint density at radius 1 is 1.22 bits per heavy atom. The summed E-state index contributed by atoms with van der Waals surface area (Å²) in [6.45, 7) is 1.40. The predicted molar refractivity (Wildman–Crippen MR) is 115 cm³/mol. The van der Waals surface area contributed by atoms with Crippen molar-refractivity contribution in [3.8, 4) is 5.75 Å². The van der Waals surface area contributed by atoms with Crippen LogP contribution in [0.4, 0.5) is 0 Å². The number of aliphatic hydroxyl groups excluding tert-OH is 2. The maximum Gasteiger partial charge on any atom is 0.341 e. The van der Waals surface area contributed by atoms with Gasteiger partial charge in [-0.05, 0) is 73.5 Å². The average molecular weight is 451 g/mol. The van der Waals surface area contributed by atoms with E-state index in [0.29, 0.717) is 36.8 Å². The average Bonchev–Trinajstić information content (AvgIpc) is 3.07. The molecule has 3 N–H and O–H groups in total. The van der Waals surface area contributed by atoms with E-state index in [-0.39, 0.29) is 38.4 Å². The molecule has 0 amide bonds. The molecule has 2 aliphatic rings. The van der Waals surface area contributed by atoms with Crippen molar-refractivity contribution in [3.63, 3.8) is 0 Å². The number of ether oxygens (including phenoxy) is 3. The number of carbonyl (C=O) groups is 2. The highest BCUT2D eigenvalue weighted by Crippen LogP contribution is 2.48. The standard InChI is InChI=1S/C24H34O8/c1-2-17(32-24(29)14-30-9-8-25)6-7-18-19-10-15-4-3-5-22(31-13-23(27)28)20(15)11-16(19)12-21(18)26/h3-5,16-19,21,25-26H,2,6-14H2,1H3,(H,27,28)/t16-,17-,18+,19-,21+/m0/s1. The molecule has 0 saturated heterocycles. The van der Waals surface area contributed by atoms with Gasteiger partial charge in [0.05, 0.1) is 19.3 Å². The van der Waals surface area contributed by atoms with Crippen LogP contribution in [0.15, 0.2) is 18.2 Å². The van der Waals surface area contributed by atoms with Crippen LogP contribution in [-0.2, 0) is 31.9 Å². The van der Waals surface area contributed by atoms with Gasteiger partial charge in [-0.3, -0.25) is 0 Å². The van der Waals surface area contributed by atoms with E-state index >= 15 is 0 Å². The third kappa shape index (κ3) is 6.21. The molecule has 1 aromatic rings. The maximum absolute atomic E-state index is 11.9. The molecule has 1 fully saturated rings. The first-order valence-electron chi connectivity index (χ1n) is 11.4. The summed E-state index contributed by atoms with van der Waals surface area (Å²) in [5.74, 6) is -0.00730. The number of esters is 1. The molecule has 2 aliphatic carbocycles. The van der Waals surface area contributed by atoms with E-state index in [0.717, 1.165) is 30.4 Å². The Morgan fingerprint density at radius 2 is 2.03 bits per heavy atom. The zero-order valence-electron chi connectivity index (χ0n) is 18.6. The van der Waals surface area contributed by atoms with Crippen molar-refractivity contribution in [1.82, 2.24) is 0 Å². The van der Waals surface area contributed by atoms with Crippen LogP contribution < -0.4 is 4.74 Å². The smallest absolute Gasteiger partial charge is 0.341 e. The van der Waals surface area contributed by atoms with Gasteiger partial charge in [0, 0.05) is 0 Å². The fourth-order valence-electron chi connectivity index (χ4n) is 5.24. The Bertz CT molecular complexity index is 779. The van der Waals surface area contributed by atoms with Crippen LogP contribution >= 0.6 is 0 Å². The van der Waals surface area contributed by atoms with Gasteiger partial charge >= 0.3 is 11.9 Å². The van der Waals surface area contributed by atoms with Gasteiger partial charge in [0.15, 0.2) is 6.61 Å². The summed E-state index contributed by atoms with van der Waals surface area (Å²) < 4.78 is 16.0. The van der Waals surface area contributed by atoms with Crippen LogP contribution in [0, 0.1) is 17.8 Å². The molecular weight excluding hydrogens is 416 g/mol. The van der Waals surface area contributed by atoms with Crippen molar-refractivity contribution in [1.29, 1.82) is 0 Å². The third-order valence-electron chi connectivity index (χ3n) is 6.73. The van der Waals surface area contributed by atoms with Gasteiger partial charge in [0.2, 0.25) is 0 Å². The SMILES string of the molecule is CC[C@@H](CC[C@@H]1[C@H]2Cc3cccc(OCC(=O)O)c3C[C@H]2C[C@H]1O)OC(=O)COCCO. The van der Waals surface area contributed by atoms with Crippen LogP contribution in [-0.4, -0.2) is 65.9 Å². The lowest BCUT2D eigenvalue weighted by Gasteiger charge is -2.32. The number of carboxylic acid groups (broad SMARTS) is 1. The van der Waals surface area contributed by atoms with Crippen LogP contribution in [0.5, 0.6) is 5.75 Å². The van der Waals surface area contributed by atoms with Crippen LogP contribution in [0.2, 0.25) is 0 Å². The number of carbonyl (C=O) groups excluding carboxylic acids is 1. The first kappa shape index (κ1) is 24.5. The number of aliphatic hydroxyl groups is 2. The Labute approximate surface area is 188 Å². The van der Waals surface area contributed by atoms with E-state index in [1.54, 1.807) is 0 Å². The zero-order valence-corrected chi connectivity index (χ0v) is 18.6. The van der Waals surface area contributed by atoms with Gasteiger partial charge in [0.1, 0.15) is 18.5 Å². The first-order chi connectivity index (χ1) is 15.4. The first-order valence-corrected chi connectivity index (χ1v) is 11.4. The van der Waals surface area contributed by atoms with Crippen LogP contribution in [0.25, 0.3) is 0 Å². The molecule has 1 aromatic carbocycles. The van der Waals surface area contributed by atoms with Crippen molar-refractivity contribution in [2.45, 2.75) is 57.7 Å². The molecule has 0 aromatic heterocycles. The summed E-state index contributed by atoms with van der Waals surface area (Å²) >= 11 is 0. The van der Waals surface area contributed by atoms with Gasteiger partial charge in [-0.25, -0.2) is 9.59 Å². The largest absolute Gasteiger partial charge is 0.482 e. The Hall–Kier alpha value is -2.16. The molecule has 0 heterocycles. The number of fused-ring (bicyclic) bond motifs is 2. The summed E-state index contributed by atoms with van der Waals surface area (Å²) in [5.41, 5.74) is 2.22. The number of rotatable bonds is 12. The van der Waals surface area contributed by atoms with E-state index < -0.39 is 18.0 Å². The summed E-state index contributed by atoms with van der Waals surface area (Å²) in [6.07, 6.45) is 3.85. The van der Waals surface area contributed by atoms with Gasteiger partial charge in [-0.15, -0.1) is 0 Å². The topological polar surface area (TPSA) is 123 Å². The summed E-state index contributed by atoms with van der Waals surface area (Å²) in [7, 11) is 0. The van der Waals surface area contributed by atoms with Crippen molar-refractivity contribution in [2.75, 3.05) is 26.4 Å². The van der Waals surface area contributed by atoms with Crippen LogP contribution in [0.3, 0.4) is 0 Å². The second-order valence-corrected chi connectivity index (χ2v) is 8.75. The molecule has 0 spiro atoms. The van der Waals surface area contributed by atoms with Gasteiger partial charge in [-0.1, -0.05) is 19.1 Å². The molecule has 0 bridgehead atoms. The number of benzene rings is 1. The van der Waals surface area contributed by atoms with Crippen molar-refractivity contribution < 1.29 is 39.1 Å². The second kappa shape index (κ2) is 11.6. The second-order valence-electron chi connectivity index (χ2n) is 8.75. The Kier molecular flexibility index (Phi) is 8.90. The minimum atomic E-state index is -1.00. The van der Waals surface area contributed by atoms with E-state index in [1.165, 1.54) is 0 Å². The summed E-state index contributed by atoms with van der Waals surface area (Å²) in [4.78, 5) is 22.8. The highest BCUT2D eigenvalue weighted by molar-refractivity contribution is 5.70. The molecule has 178 valence electrons. The number of aliphatic carboxylic acids is 1. The van der Waals surface area contributed by atoms with E-state index in [9.17, 15) is 14.7 Å². The molecule has 8 nitrogen and oxygen atoms in total. The molecule has 32 heavy (non-hydrogen) atoms. The lowest BCUT2D eigenvalue weighted by molar-refractivity contribution is -0.155. The Morgan fingerprint density at radius 3 is 2.75 bits per heavy atom. The lowest BCUT2D eigenvalue weighted by Crippen LogP contribution is -2.29. The van der Waals surface area contributed by atoms with Gasteiger partial charge < -0.3 is 29.5 Å².